The number of hydrogen-bond donors (Lipinski definition) is 1. The molecular formula is C14H17F2NO2. The molecule has 1 aliphatic rings. The SMILES string of the molecule is CC1(O)CCCN(C(=O)c2cc(F)cc(F)c2)CC1. The van der Waals surface area contributed by atoms with Crippen molar-refractivity contribution < 1.29 is 18.7 Å². The normalized spacial score (nSPS) is 24.1. The number of hydrogen-bond acceptors (Lipinski definition) is 2. The van der Waals surface area contributed by atoms with Crippen LogP contribution in [0.3, 0.4) is 0 Å². The highest BCUT2D eigenvalue weighted by molar-refractivity contribution is 5.94. The van der Waals surface area contributed by atoms with E-state index in [-0.39, 0.29) is 5.56 Å². The fraction of sp³-hybridized carbons (Fsp3) is 0.500. The molecule has 2 rings (SSSR count). The molecule has 0 bridgehead atoms. The van der Waals surface area contributed by atoms with Gasteiger partial charge in [0.25, 0.3) is 5.91 Å². The molecule has 0 spiro atoms. The van der Waals surface area contributed by atoms with Crippen LogP contribution in [0.2, 0.25) is 0 Å². The first-order valence-corrected chi connectivity index (χ1v) is 6.35. The van der Waals surface area contributed by atoms with E-state index >= 15 is 0 Å². The number of likely N-dealkylation sites (tertiary alicyclic amines) is 1. The summed E-state index contributed by atoms with van der Waals surface area (Å²) in [4.78, 5) is 13.7. The van der Waals surface area contributed by atoms with Gasteiger partial charge in [-0.3, -0.25) is 4.79 Å². The number of aliphatic hydroxyl groups is 1. The van der Waals surface area contributed by atoms with Crippen molar-refractivity contribution in [1.82, 2.24) is 4.90 Å². The van der Waals surface area contributed by atoms with Gasteiger partial charge >= 0.3 is 0 Å². The molecule has 1 saturated heterocycles. The first-order chi connectivity index (χ1) is 8.87. The van der Waals surface area contributed by atoms with Crippen molar-refractivity contribution in [1.29, 1.82) is 0 Å². The summed E-state index contributed by atoms with van der Waals surface area (Å²) in [5, 5.41) is 9.95. The molecule has 104 valence electrons. The number of rotatable bonds is 1. The highest BCUT2D eigenvalue weighted by Crippen LogP contribution is 2.22. The molecule has 0 saturated carbocycles. The molecule has 1 amide bonds. The highest BCUT2D eigenvalue weighted by atomic mass is 19.1. The summed E-state index contributed by atoms with van der Waals surface area (Å²) in [5.41, 5.74) is -0.763. The molecule has 1 fully saturated rings. The highest BCUT2D eigenvalue weighted by Gasteiger charge is 2.27. The maximum atomic E-state index is 13.1. The van der Waals surface area contributed by atoms with Crippen molar-refractivity contribution in [2.75, 3.05) is 13.1 Å². The van der Waals surface area contributed by atoms with Crippen molar-refractivity contribution >= 4 is 5.91 Å². The van der Waals surface area contributed by atoms with Gasteiger partial charge in [0.2, 0.25) is 0 Å². The molecule has 0 radical (unpaired) electrons. The standard InChI is InChI=1S/C14H17F2NO2/c1-14(19)3-2-5-17(6-4-14)13(18)10-7-11(15)9-12(16)8-10/h7-9,19H,2-6H2,1H3. The Kier molecular flexibility index (Phi) is 3.85. The Balaban J connectivity index is 2.15. The van der Waals surface area contributed by atoms with Gasteiger partial charge in [0.1, 0.15) is 11.6 Å². The van der Waals surface area contributed by atoms with Crippen molar-refractivity contribution in [3.63, 3.8) is 0 Å². The third-order valence-corrected chi connectivity index (χ3v) is 3.46. The van der Waals surface area contributed by atoms with Crippen LogP contribution in [-0.4, -0.2) is 34.6 Å². The van der Waals surface area contributed by atoms with Crippen LogP contribution in [0.4, 0.5) is 8.78 Å². The second kappa shape index (κ2) is 5.25. The number of nitrogens with zero attached hydrogens (tertiary/aromatic N) is 1. The summed E-state index contributed by atoms with van der Waals surface area (Å²) in [7, 11) is 0. The average Bonchev–Trinajstić information content (AvgIpc) is 2.48. The molecule has 1 aromatic carbocycles. The second-order valence-electron chi connectivity index (χ2n) is 5.30. The van der Waals surface area contributed by atoms with Crippen molar-refractivity contribution in [3.8, 4) is 0 Å². The van der Waals surface area contributed by atoms with Gasteiger partial charge in [0.15, 0.2) is 0 Å². The van der Waals surface area contributed by atoms with Gasteiger partial charge in [-0.1, -0.05) is 0 Å². The maximum Gasteiger partial charge on any atom is 0.254 e. The van der Waals surface area contributed by atoms with Crippen LogP contribution in [0.1, 0.15) is 36.5 Å². The van der Waals surface area contributed by atoms with Crippen LogP contribution in [0.25, 0.3) is 0 Å². The predicted octanol–water partition coefficient (Wildman–Crippen LogP) is 2.34. The minimum absolute atomic E-state index is 0.0130. The molecule has 1 aliphatic heterocycles. The zero-order valence-electron chi connectivity index (χ0n) is 10.8. The van der Waals surface area contributed by atoms with Crippen molar-refractivity contribution in [2.24, 2.45) is 0 Å². The lowest BCUT2D eigenvalue weighted by Gasteiger charge is -2.22. The van der Waals surface area contributed by atoms with E-state index in [0.29, 0.717) is 32.4 Å². The number of carbonyl (C=O) groups excluding carboxylic acids is 1. The van der Waals surface area contributed by atoms with E-state index in [1.807, 2.05) is 0 Å². The molecule has 1 unspecified atom stereocenters. The zero-order chi connectivity index (χ0) is 14.0. The van der Waals surface area contributed by atoms with Crippen LogP contribution in [0.5, 0.6) is 0 Å². The average molecular weight is 269 g/mol. The van der Waals surface area contributed by atoms with Crippen LogP contribution in [0, 0.1) is 11.6 Å². The Labute approximate surface area is 110 Å². The number of amides is 1. The van der Waals surface area contributed by atoms with Crippen LogP contribution in [-0.2, 0) is 0 Å². The first-order valence-electron chi connectivity index (χ1n) is 6.35. The fourth-order valence-corrected chi connectivity index (χ4v) is 2.33. The second-order valence-corrected chi connectivity index (χ2v) is 5.30. The van der Waals surface area contributed by atoms with E-state index in [1.165, 1.54) is 4.90 Å². The van der Waals surface area contributed by atoms with E-state index < -0.39 is 23.1 Å². The molecule has 1 aromatic rings. The van der Waals surface area contributed by atoms with Crippen molar-refractivity contribution in [3.05, 3.63) is 35.4 Å². The molecular weight excluding hydrogens is 252 g/mol. The third kappa shape index (κ3) is 3.50. The monoisotopic (exact) mass is 269 g/mol. The van der Waals surface area contributed by atoms with Crippen LogP contribution in [0.15, 0.2) is 18.2 Å². The maximum absolute atomic E-state index is 13.1. The minimum Gasteiger partial charge on any atom is -0.390 e. The smallest absolute Gasteiger partial charge is 0.254 e. The third-order valence-electron chi connectivity index (χ3n) is 3.46. The summed E-state index contributed by atoms with van der Waals surface area (Å²) < 4.78 is 26.2. The molecule has 1 N–H and O–H groups in total. The van der Waals surface area contributed by atoms with Gasteiger partial charge in [-0.25, -0.2) is 8.78 Å². The Bertz CT molecular complexity index is 468. The van der Waals surface area contributed by atoms with E-state index in [2.05, 4.69) is 0 Å². The Morgan fingerprint density at radius 1 is 1.21 bits per heavy atom. The topological polar surface area (TPSA) is 40.5 Å². The lowest BCUT2D eigenvalue weighted by atomic mass is 9.98. The quantitative estimate of drug-likeness (QED) is 0.850. The van der Waals surface area contributed by atoms with Gasteiger partial charge in [-0.15, -0.1) is 0 Å². The molecule has 3 nitrogen and oxygen atoms in total. The molecule has 1 heterocycles. The predicted molar refractivity (Wildman–Crippen MR) is 66.7 cm³/mol. The molecule has 0 aliphatic carbocycles. The van der Waals surface area contributed by atoms with E-state index in [1.54, 1.807) is 6.92 Å². The summed E-state index contributed by atoms with van der Waals surface area (Å²) in [5.74, 6) is -1.91. The lowest BCUT2D eigenvalue weighted by molar-refractivity contribution is 0.0437. The Morgan fingerprint density at radius 3 is 2.47 bits per heavy atom. The Hall–Kier alpha value is -1.49. The molecule has 5 heteroatoms. The van der Waals surface area contributed by atoms with E-state index in [4.69, 9.17) is 0 Å². The summed E-state index contributed by atoms with van der Waals surface area (Å²) >= 11 is 0. The summed E-state index contributed by atoms with van der Waals surface area (Å²) in [6.45, 7) is 2.62. The van der Waals surface area contributed by atoms with Gasteiger partial charge in [-0.2, -0.15) is 0 Å². The summed E-state index contributed by atoms with van der Waals surface area (Å²) in [6, 6.07) is 2.81. The van der Waals surface area contributed by atoms with Gasteiger partial charge in [0.05, 0.1) is 5.60 Å². The molecule has 1 atom stereocenters. The minimum atomic E-state index is -0.776. The van der Waals surface area contributed by atoms with Crippen molar-refractivity contribution in [2.45, 2.75) is 31.8 Å². The number of carbonyl (C=O) groups is 1. The number of halogens is 2. The van der Waals surface area contributed by atoms with Gasteiger partial charge < -0.3 is 10.0 Å². The van der Waals surface area contributed by atoms with Crippen LogP contribution < -0.4 is 0 Å². The molecule has 0 aromatic heterocycles. The van der Waals surface area contributed by atoms with Gasteiger partial charge in [0, 0.05) is 24.7 Å². The zero-order valence-corrected chi connectivity index (χ0v) is 10.8. The largest absolute Gasteiger partial charge is 0.390 e. The van der Waals surface area contributed by atoms with E-state index in [9.17, 15) is 18.7 Å². The Morgan fingerprint density at radius 2 is 1.84 bits per heavy atom. The number of benzene rings is 1. The van der Waals surface area contributed by atoms with Gasteiger partial charge in [-0.05, 0) is 38.3 Å². The fourth-order valence-electron chi connectivity index (χ4n) is 2.33. The van der Waals surface area contributed by atoms with E-state index in [0.717, 1.165) is 18.2 Å². The lowest BCUT2D eigenvalue weighted by Crippen LogP contribution is -2.33. The first kappa shape index (κ1) is 13.9. The molecule has 19 heavy (non-hydrogen) atoms. The van der Waals surface area contributed by atoms with Crippen LogP contribution >= 0.6 is 0 Å². The summed E-state index contributed by atoms with van der Waals surface area (Å²) in [6.07, 6.45) is 1.77.